The fraction of sp³-hybridized carbons (Fsp3) is 0.333. The maximum absolute atomic E-state index is 11.2. The van der Waals surface area contributed by atoms with Crippen molar-refractivity contribution < 1.29 is 4.79 Å². The van der Waals surface area contributed by atoms with Gasteiger partial charge in [-0.3, -0.25) is 15.3 Å². The Balaban J connectivity index is 2.65. The molecule has 0 aliphatic rings. The van der Waals surface area contributed by atoms with E-state index < -0.39 is 0 Å². The minimum atomic E-state index is -0.260. The lowest BCUT2D eigenvalue weighted by molar-refractivity contribution is 0.0851. The second kappa shape index (κ2) is 3.22. The fourth-order valence-corrected chi connectivity index (χ4v) is 0.717. The molecule has 0 fully saturated rings. The summed E-state index contributed by atoms with van der Waals surface area (Å²) >= 11 is 0. The molecule has 0 aliphatic heterocycles. The van der Waals surface area contributed by atoms with Gasteiger partial charge in [-0.15, -0.1) is 0 Å². The second-order valence-electron chi connectivity index (χ2n) is 2.54. The minimum absolute atomic E-state index is 0.260. The zero-order chi connectivity index (χ0) is 9.14. The summed E-state index contributed by atoms with van der Waals surface area (Å²) in [6.45, 7) is 0. The molecule has 6 heteroatoms. The summed E-state index contributed by atoms with van der Waals surface area (Å²) in [6.07, 6.45) is 0. The summed E-state index contributed by atoms with van der Waals surface area (Å²) < 4.78 is 0. The monoisotopic (exact) mass is 169 g/mol. The van der Waals surface area contributed by atoms with Crippen molar-refractivity contribution in [3.63, 3.8) is 0 Å². The van der Waals surface area contributed by atoms with E-state index in [2.05, 4.69) is 15.6 Å². The Morgan fingerprint density at radius 2 is 2.42 bits per heavy atom. The molecular formula is C6H11N5O. The smallest absolute Gasteiger partial charge is 0.283 e. The molecule has 1 rings (SSSR count). The van der Waals surface area contributed by atoms with Crippen LogP contribution >= 0.6 is 0 Å². The average molecular weight is 169 g/mol. The van der Waals surface area contributed by atoms with Crippen LogP contribution < -0.4 is 11.2 Å². The normalized spacial score (nSPS) is 10.2. The Kier molecular flexibility index (Phi) is 2.29. The number of hydrogen-bond donors (Lipinski definition) is 3. The molecule has 0 aliphatic carbocycles. The van der Waals surface area contributed by atoms with Crippen molar-refractivity contribution in [3.05, 3.63) is 11.8 Å². The highest BCUT2D eigenvalue weighted by Gasteiger charge is 2.07. The first-order valence-electron chi connectivity index (χ1n) is 3.39. The van der Waals surface area contributed by atoms with Gasteiger partial charge in [0.1, 0.15) is 11.5 Å². The number of nitrogens with zero attached hydrogens (tertiary/aromatic N) is 2. The number of hydrazine groups is 1. The molecule has 1 amide bonds. The van der Waals surface area contributed by atoms with E-state index in [0.717, 1.165) is 0 Å². The van der Waals surface area contributed by atoms with Crippen molar-refractivity contribution in [2.24, 2.45) is 0 Å². The molecular weight excluding hydrogens is 158 g/mol. The van der Waals surface area contributed by atoms with E-state index in [1.165, 1.54) is 6.07 Å². The summed E-state index contributed by atoms with van der Waals surface area (Å²) in [6, 6.07) is 1.47. The standard InChI is InChI=1S/C6H11N5O/c1-11(2)10-6(12)4-3-5(7)9-8-4/h3H,1-2H3,(H,10,12)(H3,7,8,9). The molecule has 4 N–H and O–H groups in total. The first-order chi connectivity index (χ1) is 5.59. The predicted molar refractivity (Wildman–Crippen MR) is 44.2 cm³/mol. The molecule has 0 saturated carbocycles. The van der Waals surface area contributed by atoms with Crippen LogP contribution in [0.4, 0.5) is 5.82 Å². The maximum Gasteiger partial charge on any atom is 0.283 e. The number of rotatable bonds is 2. The summed E-state index contributed by atoms with van der Waals surface area (Å²) in [5.41, 5.74) is 8.20. The maximum atomic E-state index is 11.2. The van der Waals surface area contributed by atoms with Gasteiger partial charge in [-0.25, -0.2) is 5.01 Å². The van der Waals surface area contributed by atoms with Crippen molar-refractivity contribution in [3.8, 4) is 0 Å². The van der Waals surface area contributed by atoms with E-state index in [9.17, 15) is 4.79 Å². The molecule has 0 radical (unpaired) electrons. The summed E-state index contributed by atoms with van der Waals surface area (Å²) in [4.78, 5) is 11.2. The highest BCUT2D eigenvalue weighted by Crippen LogP contribution is 1.99. The number of nitrogen functional groups attached to an aromatic ring is 1. The lowest BCUT2D eigenvalue weighted by Crippen LogP contribution is -2.36. The van der Waals surface area contributed by atoms with Crippen LogP contribution in [-0.2, 0) is 0 Å². The lowest BCUT2D eigenvalue weighted by atomic mass is 10.4. The third-order valence-corrected chi connectivity index (χ3v) is 1.17. The van der Waals surface area contributed by atoms with E-state index in [0.29, 0.717) is 11.5 Å². The van der Waals surface area contributed by atoms with E-state index in [1.54, 1.807) is 19.1 Å². The van der Waals surface area contributed by atoms with E-state index >= 15 is 0 Å². The van der Waals surface area contributed by atoms with E-state index in [4.69, 9.17) is 5.73 Å². The van der Waals surface area contributed by atoms with Gasteiger partial charge in [0.25, 0.3) is 5.91 Å². The van der Waals surface area contributed by atoms with Crippen LogP contribution in [0, 0.1) is 0 Å². The highest BCUT2D eigenvalue weighted by atomic mass is 16.2. The predicted octanol–water partition coefficient (Wildman–Crippen LogP) is -0.802. The average Bonchev–Trinajstić information content (AvgIpc) is 2.34. The number of aromatic amines is 1. The molecule has 0 bridgehead atoms. The minimum Gasteiger partial charge on any atom is -0.382 e. The molecule has 0 saturated heterocycles. The summed E-state index contributed by atoms with van der Waals surface area (Å²) in [7, 11) is 3.44. The number of carbonyl (C=O) groups excluding carboxylic acids is 1. The zero-order valence-electron chi connectivity index (χ0n) is 6.96. The van der Waals surface area contributed by atoms with Crippen LogP contribution in [0.1, 0.15) is 10.5 Å². The van der Waals surface area contributed by atoms with Crippen molar-refractivity contribution >= 4 is 11.7 Å². The third-order valence-electron chi connectivity index (χ3n) is 1.17. The van der Waals surface area contributed by atoms with Gasteiger partial charge in [-0.05, 0) is 0 Å². The third kappa shape index (κ3) is 1.96. The lowest BCUT2D eigenvalue weighted by Gasteiger charge is -2.09. The zero-order valence-corrected chi connectivity index (χ0v) is 6.96. The van der Waals surface area contributed by atoms with Crippen LogP contribution in [0.25, 0.3) is 0 Å². The molecule has 6 nitrogen and oxygen atoms in total. The highest BCUT2D eigenvalue weighted by molar-refractivity contribution is 5.92. The topological polar surface area (TPSA) is 87.0 Å². The van der Waals surface area contributed by atoms with Crippen molar-refractivity contribution in [1.29, 1.82) is 0 Å². The number of amides is 1. The molecule has 1 aromatic rings. The van der Waals surface area contributed by atoms with E-state index in [1.807, 2.05) is 0 Å². The number of aromatic nitrogens is 2. The molecule has 0 spiro atoms. The second-order valence-corrected chi connectivity index (χ2v) is 2.54. The number of H-pyrrole nitrogens is 1. The Labute approximate surface area is 69.7 Å². The van der Waals surface area contributed by atoms with Crippen LogP contribution in [-0.4, -0.2) is 35.2 Å². The quantitative estimate of drug-likeness (QED) is 0.506. The van der Waals surface area contributed by atoms with Crippen LogP contribution in [0.5, 0.6) is 0 Å². The summed E-state index contributed by atoms with van der Waals surface area (Å²) in [5, 5.41) is 7.66. The molecule has 0 unspecified atom stereocenters. The first kappa shape index (κ1) is 8.54. The number of nitrogens with two attached hydrogens (primary N) is 1. The molecule has 1 heterocycles. The number of carbonyl (C=O) groups is 1. The van der Waals surface area contributed by atoms with Gasteiger partial charge in [0.05, 0.1) is 0 Å². The van der Waals surface area contributed by atoms with Crippen LogP contribution in [0.3, 0.4) is 0 Å². The largest absolute Gasteiger partial charge is 0.382 e. The number of anilines is 1. The number of hydrogen-bond acceptors (Lipinski definition) is 4. The Morgan fingerprint density at radius 3 is 2.83 bits per heavy atom. The molecule has 0 aromatic carbocycles. The van der Waals surface area contributed by atoms with Crippen molar-refractivity contribution in [2.45, 2.75) is 0 Å². The van der Waals surface area contributed by atoms with Gasteiger partial charge >= 0.3 is 0 Å². The Bertz CT molecular complexity index is 279. The SMILES string of the molecule is CN(C)NC(=O)c1cc(N)n[nH]1. The van der Waals surface area contributed by atoms with Gasteiger partial charge in [-0.2, -0.15) is 5.10 Å². The van der Waals surface area contributed by atoms with Crippen LogP contribution in [0.15, 0.2) is 6.07 Å². The van der Waals surface area contributed by atoms with Gasteiger partial charge in [-0.1, -0.05) is 0 Å². The molecule has 1 aromatic heterocycles. The Morgan fingerprint density at radius 1 is 1.75 bits per heavy atom. The van der Waals surface area contributed by atoms with Crippen molar-refractivity contribution in [1.82, 2.24) is 20.6 Å². The summed E-state index contributed by atoms with van der Waals surface area (Å²) in [5.74, 6) is 0.0445. The van der Waals surface area contributed by atoms with Gasteiger partial charge in [0, 0.05) is 20.2 Å². The van der Waals surface area contributed by atoms with Gasteiger partial charge in [0.15, 0.2) is 0 Å². The first-order valence-corrected chi connectivity index (χ1v) is 3.39. The molecule has 0 atom stereocenters. The van der Waals surface area contributed by atoms with Crippen LogP contribution in [0.2, 0.25) is 0 Å². The molecule has 66 valence electrons. The Hall–Kier alpha value is -1.56. The number of nitrogens with one attached hydrogen (secondary N) is 2. The van der Waals surface area contributed by atoms with Crippen molar-refractivity contribution in [2.75, 3.05) is 19.8 Å². The van der Waals surface area contributed by atoms with E-state index in [-0.39, 0.29) is 5.91 Å². The fourth-order valence-electron chi connectivity index (χ4n) is 0.717. The van der Waals surface area contributed by atoms with Gasteiger partial charge < -0.3 is 5.73 Å². The van der Waals surface area contributed by atoms with Gasteiger partial charge in [0.2, 0.25) is 0 Å². The molecule has 12 heavy (non-hydrogen) atoms.